The van der Waals surface area contributed by atoms with Crippen LogP contribution in [0, 0.1) is 0 Å². The lowest BCUT2D eigenvalue weighted by Crippen LogP contribution is -2.40. The van der Waals surface area contributed by atoms with Gasteiger partial charge in [-0.15, -0.1) is 0 Å². The number of aliphatic hydroxyl groups excluding tert-OH is 2. The first-order valence-corrected chi connectivity index (χ1v) is 8.63. The monoisotopic (exact) mass is 436 g/mol. The molecule has 1 saturated heterocycles. The number of aromatic nitrogens is 2. The van der Waals surface area contributed by atoms with E-state index in [1.54, 1.807) is 5.32 Å². The van der Waals surface area contributed by atoms with Crippen LogP contribution in [0.15, 0.2) is 21.9 Å². The molecule has 0 spiro atoms. The molecule has 0 aliphatic carbocycles. The molecule has 1 aromatic heterocycles. The summed E-state index contributed by atoms with van der Waals surface area (Å²) in [5.41, 5.74) is -1.74. The Hall–Kier alpha value is -2.97. The summed E-state index contributed by atoms with van der Waals surface area (Å²) in [7, 11) is 0. The number of hydrogen-bond acceptors (Lipinski definition) is 7. The zero-order chi connectivity index (χ0) is 22.5. The number of nitrogens with zero attached hydrogens (tertiary/aromatic N) is 1. The van der Waals surface area contributed by atoms with Crippen LogP contribution in [0.1, 0.15) is 18.2 Å². The fraction of sp³-hybridized carbons (Fsp3) is 0.500. The largest absolute Gasteiger partial charge is 0.471 e. The molecule has 3 unspecified atom stereocenters. The van der Waals surface area contributed by atoms with Gasteiger partial charge in [-0.3, -0.25) is 23.9 Å². The van der Waals surface area contributed by atoms with E-state index in [1.165, 1.54) is 0 Å². The first-order chi connectivity index (χ1) is 14.0. The van der Waals surface area contributed by atoms with Crippen molar-refractivity contribution >= 4 is 17.9 Å². The van der Waals surface area contributed by atoms with Crippen molar-refractivity contribution in [3.05, 3.63) is 38.7 Å². The standard InChI is InChI=1S/C16H19F3N4O7/c17-16(18,19)14(28)21-4-3-20-11(26)2-1-8-6-23(15(29)22-13(8)27)12-5-9(25)10(7-24)30-12/h1-2,6,9-10,12,24-25H,3-5,7H2,(H,20,26)(H,21,28)(H,22,27,29)/b2-1+. The maximum absolute atomic E-state index is 12.0. The predicted octanol–water partition coefficient (Wildman–Crippen LogP) is -2.01. The Morgan fingerprint density at radius 1 is 1.30 bits per heavy atom. The number of amides is 2. The SMILES string of the molecule is O=C(/C=C/c1cn(C2CC(O)C(CO)O2)c(=O)[nH]c1=O)NCCNC(=O)C(F)(F)F. The van der Waals surface area contributed by atoms with Crippen molar-refractivity contribution in [2.45, 2.75) is 31.0 Å². The van der Waals surface area contributed by atoms with Gasteiger partial charge in [0.1, 0.15) is 12.3 Å². The molecule has 1 aliphatic heterocycles. The third-order valence-electron chi connectivity index (χ3n) is 4.07. The van der Waals surface area contributed by atoms with E-state index in [0.29, 0.717) is 0 Å². The molecule has 3 atom stereocenters. The van der Waals surface area contributed by atoms with E-state index in [0.717, 1.165) is 22.9 Å². The van der Waals surface area contributed by atoms with Crippen molar-refractivity contribution in [3.8, 4) is 0 Å². The van der Waals surface area contributed by atoms with Crippen molar-refractivity contribution in [3.63, 3.8) is 0 Å². The first kappa shape index (κ1) is 23.3. The number of hydrogen-bond donors (Lipinski definition) is 5. The zero-order valence-corrected chi connectivity index (χ0v) is 15.3. The van der Waals surface area contributed by atoms with E-state index in [4.69, 9.17) is 9.84 Å². The van der Waals surface area contributed by atoms with E-state index in [1.807, 2.05) is 4.98 Å². The van der Waals surface area contributed by atoms with Crippen LogP contribution in [0.2, 0.25) is 0 Å². The van der Waals surface area contributed by atoms with Gasteiger partial charge in [0, 0.05) is 31.8 Å². The molecule has 0 aromatic carbocycles. The number of halogens is 3. The lowest BCUT2D eigenvalue weighted by Gasteiger charge is -2.14. The summed E-state index contributed by atoms with van der Waals surface area (Å²) in [6, 6.07) is 0. The Bertz CT molecular complexity index is 925. The Balaban J connectivity index is 1.98. The summed E-state index contributed by atoms with van der Waals surface area (Å²) in [5, 5.41) is 22.6. The molecule has 1 aromatic rings. The van der Waals surface area contributed by atoms with Crippen LogP contribution >= 0.6 is 0 Å². The number of aromatic amines is 1. The van der Waals surface area contributed by atoms with Gasteiger partial charge in [0.2, 0.25) is 5.91 Å². The normalized spacial score (nSPS) is 21.7. The van der Waals surface area contributed by atoms with Gasteiger partial charge >= 0.3 is 17.8 Å². The number of nitrogens with one attached hydrogen (secondary N) is 3. The molecule has 2 amide bonds. The van der Waals surface area contributed by atoms with Crippen molar-refractivity contribution < 1.29 is 37.7 Å². The number of aliphatic hydroxyl groups is 2. The summed E-state index contributed by atoms with van der Waals surface area (Å²) in [4.78, 5) is 48.2. The van der Waals surface area contributed by atoms with Gasteiger partial charge in [-0.25, -0.2) is 4.79 Å². The molecular weight excluding hydrogens is 417 g/mol. The molecule has 14 heteroatoms. The van der Waals surface area contributed by atoms with E-state index in [9.17, 15) is 37.5 Å². The molecule has 0 saturated carbocycles. The highest BCUT2D eigenvalue weighted by molar-refractivity contribution is 5.91. The summed E-state index contributed by atoms with van der Waals surface area (Å²) < 4.78 is 42.4. The number of H-pyrrole nitrogens is 1. The summed E-state index contributed by atoms with van der Waals surface area (Å²) in [5.74, 6) is -2.90. The Morgan fingerprint density at radius 2 is 1.97 bits per heavy atom. The molecule has 166 valence electrons. The van der Waals surface area contributed by atoms with E-state index >= 15 is 0 Å². The van der Waals surface area contributed by atoms with Gasteiger partial charge in [-0.05, 0) is 6.08 Å². The molecular formula is C16H19F3N4O7. The molecule has 1 fully saturated rings. The molecule has 2 rings (SSSR count). The van der Waals surface area contributed by atoms with Crippen LogP contribution in [0.25, 0.3) is 6.08 Å². The lowest BCUT2D eigenvalue weighted by molar-refractivity contribution is -0.173. The molecule has 1 aliphatic rings. The van der Waals surface area contributed by atoms with Gasteiger partial charge < -0.3 is 25.6 Å². The van der Waals surface area contributed by atoms with Gasteiger partial charge in [0.05, 0.1) is 18.3 Å². The van der Waals surface area contributed by atoms with Gasteiger partial charge in [0.15, 0.2) is 0 Å². The van der Waals surface area contributed by atoms with Gasteiger partial charge in [-0.1, -0.05) is 0 Å². The fourth-order valence-corrected chi connectivity index (χ4v) is 2.57. The fourth-order valence-electron chi connectivity index (χ4n) is 2.57. The number of carbonyl (C=O) groups is 2. The molecule has 30 heavy (non-hydrogen) atoms. The molecule has 2 heterocycles. The topological polar surface area (TPSA) is 163 Å². The molecule has 0 radical (unpaired) electrons. The summed E-state index contributed by atoms with van der Waals surface area (Å²) in [6.45, 7) is -1.22. The lowest BCUT2D eigenvalue weighted by atomic mass is 10.2. The van der Waals surface area contributed by atoms with Crippen LogP contribution in [0.5, 0.6) is 0 Å². The minimum absolute atomic E-state index is 0.00946. The predicted molar refractivity (Wildman–Crippen MR) is 94.1 cm³/mol. The Labute approximate surface area is 166 Å². The minimum atomic E-state index is -5.02. The second-order valence-corrected chi connectivity index (χ2v) is 6.24. The molecule has 11 nitrogen and oxygen atoms in total. The third-order valence-corrected chi connectivity index (χ3v) is 4.07. The first-order valence-electron chi connectivity index (χ1n) is 8.63. The zero-order valence-electron chi connectivity index (χ0n) is 15.3. The van der Waals surface area contributed by atoms with E-state index in [-0.39, 0.29) is 18.5 Å². The number of carbonyl (C=O) groups excluding carboxylic acids is 2. The highest BCUT2D eigenvalue weighted by Gasteiger charge is 2.38. The maximum Gasteiger partial charge on any atom is 0.471 e. The smallest absolute Gasteiger partial charge is 0.394 e. The number of rotatable bonds is 7. The third kappa shape index (κ3) is 6.01. The quantitative estimate of drug-likeness (QED) is 0.243. The molecule has 0 bridgehead atoms. The second-order valence-electron chi connectivity index (χ2n) is 6.24. The highest BCUT2D eigenvalue weighted by atomic mass is 19.4. The van der Waals surface area contributed by atoms with Crippen LogP contribution in [-0.2, 0) is 14.3 Å². The Morgan fingerprint density at radius 3 is 2.57 bits per heavy atom. The van der Waals surface area contributed by atoms with Crippen LogP contribution in [0.4, 0.5) is 13.2 Å². The van der Waals surface area contributed by atoms with Gasteiger partial charge in [0.25, 0.3) is 5.56 Å². The summed E-state index contributed by atoms with van der Waals surface area (Å²) in [6.07, 6.45) is -4.81. The van der Waals surface area contributed by atoms with E-state index in [2.05, 4.69) is 5.32 Å². The van der Waals surface area contributed by atoms with Crippen LogP contribution < -0.4 is 21.9 Å². The highest BCUT2D eigenvalue weighted by Crippen LogP contribution is 2.27. The summed E-state index contributed by atoms with van der Waals surface area (Å²) >= 11 is 0. The van der Waals surface area contributed by atoms with E-state index < -0.39 is 60.8 Å². The average molecular weight is 436 g/mol. The average Bonchev–Trinajstić information content (AvgIpc) is 3.04. The minimum Gasteiger partial charge on any atom is -0.394 e. The van der Waals surface area contributed by atoms with Crippen LogP contribution in [0.3, 0.4) is 0 Å². The van der Waals surface area contributed by atoms with Crippen LogP contribution in [-0.4, -0.2) is 69.7 Å². The van der Waals surface area contributed by atoms with Crippen molar-refractivity contribution in [2.75, 3.05) is 19.7 Å². The van der Waals surface area contributed by atoms with Crippen molar-refractivity contribution in [1.82, 2.24) is 20.2 Å². The number of alkyl halides is 3. The molecule has 5 N–H and O–H groups in total. The number of ether oxygens (including phenoxy) is 1. The van der Waals surface area contributed by atoms with Crippen molar-refractivity contribution in [2.24, 2.45) is 0 Å². The maximum atomic E-state index is 12.0. The Kier molecular flexibility index (Phi) is 7.53. The second kappa shape index (κ2) is 9.69. The van der Waals surface area contributed by atoms with Crippen molar-refractivity contribution in [1.29, 1.82) is 0 Å². The van der Waals surface area contributed by atoms with Gasteiger partial charge in [-0.2, -0.15) is 13.2 Å².